The molecule has 158 valence electrons. The number of para-hydroxylation sites is 1. The normalized spacial score (nSPS) is 15.7. The Bertz CT molecular complexity index is 1410. The van der Waals surface area contributed by atoms with Gasteiger partial charge in [-0.25, -0.2) is 13.9 Å². The summed E-state index contributed by atoms with van der Waals surface area (Å²) >= 11 is 0. The molecule has 4 aromatic rings. The molecule has 0 radical (unpaired) electrons. The van der Waals surface area contributed by atoms with Crippen molar-refractivity contribution >= 4 is 16.9 Å². The van der Waals surface area contributed by atoms with E-state index in [1.165, 1.54) is 6.20 Å². The van der Waals surface area contributed by atoms with Crippen LogP contribution in [0.4, 0.5) is 4.39 Å². The fourth-order valence-corrected chi connectivity index (χ4v) is 4.37. The minimum Gasteiger partial charge on any atom is -0.477 e. The van der Waals surface area contributed by atoms with Crippen LogP contribution in [0.5, 0.6) is 0 Å². The van der Waals surface area contributed by atoms with Crippen LogP contribution in [-0.4, -0.2) is 25.4 Å². The predicted octanol–water partition coefficient (Wildman–Crippen LogP) is 4.43. The molecule has 31 heavy (non-hydrogen) atoms. The molecule has 0 saturated heterocycles. The summed E-state index contributed by atoms with van der Waals surface area (Å²) in [6, 6.07) is 7.15. The van der Waals surface area contributed by atoms with Crippen LogP contribution in [-0.2, 0) is 6.42 Å². The molecule has 8 heteroatoms. The number of furan rings is 1. The second-order valence-corrected chi connectivity index (χ2v) is 8.85. The van der Waals surface area contributed by atoms with Crippen LogP contribution >= 0.6 is 0 Å². The number of nitrogens with zero attached hydrogens (tertiary/aromatic N) is 3. The lowest BCUT2D eigenvalue weighted by molar-refractivity contribution is 0.0692. The molecule has 0 aliphatic carbocycles. The van der Waals surface area contributed by atoms with Gasteiger partial charge in [-0.05, 0) is 24.0 Å². The molecule has 3 aromatic heterocycles. The van der Waals surface area contributed by atoms with Gasteiger partial charge in [0.25, 0.3) is 0 Å². The van der Waals surface area contributed by atoms with Crippen molar-refractivity contribution in [2.45, 2.75) is 33.2 Å². The molecule has 4 heterocycles. The highest BCUT2D eigenvalue weighted by Crippen LogP contribution is 2.47. The molecule has 0 saturated carbocycles. The zero-order chi connectivity index (χ0) is 22.1. The number of aromatic carboxylic acids is 1. The topological polar surface area (TPSA) is 90.3 Å². The third-order valence-electron chi connectivity index (χ3n) is 5.91. The fraction of sp³-hybridized carbons (Fsp3) is 0.261. The lowest BCUT2D eigenvalue weighted by atomic mass is 9.79. The number of benzene rings is 1. The second-order valence-electron chi connectivity index (χ2n) is 8.85. The van der Waals surface area contributed by atoms with E-state index in [0.717, 1.165) is 10.9 Å². The summed E-state index contributed by atoms with van der Waals surface area (Å²) < 4.78 is 24.7. The number of aromatic nitrogens is 3. The van der Waals surface area contributed by atoms with Gasteiger partial charge in [-0.1, -0.05) is 32.9 Å². The number of carboxylic acids is 1. The monoisotopic (exact) mass is 421 g/mol. The molecule has 1 aliphatic heterocycles. The maximum Gasteiger partial charge on any atom is 0.341 e. The maximum atomic E-state index is 15.4. The average molecular weight is 421 g/mol. The zero-order valence-electron chi connectivity index (χ0n) is 17.2. The van der Waals surface area contributed by atoms with Gasteiger partial charge in [0.05, 0.1) is 0 Å². The van der Waals surface area contributed by atoms with Gasteiger partial charge < -0.3 is 14.1 Å². The smallest absolute Gasteiger partial charge is 0.341 e. The standard InChI is InChI=1S/C23H20FN3O4/c1-23(2,3)16-10-13-12-6-4-7-15(27-9-5-8-25-27)20(12)31-21(13)18-17(24)19(28)14(22(29)30)11-26(16)18/h4-9,11,16H,10H2,1-3H3,(H,29,30)/t16-/m0/s1. The Hall–Kier alpha value is -3.68. The van der Waals surface area contributed by atoms with Crippen molar-refractivity contribution in [1.29, 1.82) is 0 Å². The van der Waals surface area contributed by atoms with Gasteiger partial charge in [0.2, 0.25) is 5.43 Å². The van der Waals surface area contributed by atoms with Gasteiger partial charge >= 0.3 is 5.97 Å². The van der Waals surface area contributed by atoms with E-state index in [2.05, 4.69) is 5.10 Å². The van der Waals surface area contributed by atoms with Crippen LogP contribution in [0.3, 0.4) is 0 Å². The van der Waals surface area contributed by atoms with Crippen molar-refractivity contribution in [2.24, 2.45) is 5.41 Å². The number of hydrogen-bond acceptors (Lipinski definition) is 4. The molecule has 5 rings (SSSR count). The molecular formula is C23H20FN3O4. The van der Waals surface area contributed by atoms with Gasteiger partial charge in [-0.2, -0.15) is 5.10 Å². The number of fused-ring (bicyclic) bond motifs is 5. The minimum absolute atomic E-state index is 0.0150. The highest BCUT2D eigenvalue weighted by atomic mass is 19.1. The third kappa shape index (κ3) is 2.74. The van der Waals surface area contributed by atoms with Crippen molar-refractivity contribution in [2.75, 3.05) is 0 Å². The lowest BCUT2D eigenvalue weighted by Crippen LogP contribution is -2.34. The van der Waals surface area contributed by atoms with Gasteiger partial charge in [-0.15, -0.1) is 0 Å². The first-order chi connectivity index (χ1) is 14.7. The van der Waals surface area contributed by atoms with E-state index < -0.39 is 22.8 Å². The molecule has 0 spiro atoms. The summed E-state index contributed by atoms with van der Waals surface area (Å²) in [6.07, 6.45) is 5.18. The van der Waals surface area contributed by atoms with E-state index in [1.807, 2.05) is 39.0 Å². The summed E-state index contributed by atoms with van der Waals surface area (Å²) in [7, 11) is 0. The summed E-state index contributed by atoms with van der Waals surface area (Å²) in [6.45, 7) is 6.00. The number of carbonyl (C=O) groups is 1. The molecule has 7 nitrogen and oxygen atoms in total. The Balaban J connectivity index is 1.88. The zero-order valence-corrected chi connectivity index (χ0v) is 17.2. The highest BCUT2D eigenvalue weighted by molar-refractivity contribution is 5.94. The van der Waals surface area contributed by atoms with Gasteiger partial charge in [0.1, 0.15) is 16.9 Å². The molecular weight excluding hydrogens is 401 g/mol. The van der Waals surface area contributed by atoms with E-state index in [9.17, 15) is 14.7 Å². The van der Waals surface area contributed by atoms with Crippen LogP contribution in [0.2, 0.25) is 0 Å². The van der Waals surface area contributed by atoms with E-state index in [1.54, 1.807) is 27.7 Å². The van der Waals surface area contributed by atoms with E-state index in [4.69, 9.17) is 4.42 Å². The van der Waals surface area contributed by atoms with Crippen LogP contribution in [0.15, 0.2) is 52.1 Å². The van der Waals surface area contributed by atoms with Gasteiger partial charge in [-0.3, -0.25) is 4.79 Å². The third-order valence-corrected chi connectivity index (χ3v) is 5.91. The summed E-state index contributed by atoms with van der Waals surface area (Å²) in [5.74, 6) is -2.32. The largest absolute Gasteiger partial charge is 0.477 e. The number of hydrogen-bond donors (Lipinski definition) is 1. The molecule has 1 aromatic carbocycles. The number of rotatable bonds is 2. The van der Waals surface area contributed by atoms with Crippen LogP contribution in [0, 0.1) is 11.2 Å². The Labute approximate surface area is 176 Å². The molecule has 1 N–H and O–H groups in total. The molecule has 0 unspecified atom stereocenters. The van der Waals surface area contributed by atoms with Crippen molar-refractivity contribution in [3.8, 4) is 17.1 Å². The maximum absolute atomic E-state index is 15.4. The number of pyridine rings is 1. The first-order valence-corrected chi connectivity index (χ1v) is 9.91. The molecule has 1 atom stereocenters. The van der Waals surface area contributed by atoms with Crippen LogP contribution in [0.1, 0.15) is 42.7 Å². The molecule has 0 amide bonds. The van der Waals surface area contributed by atoms with Gasteiger partial charge in [0, 0.05) is 35.6 Å². The first-order valence-electron chi connectivity index (χ1n) is 9.91. The average Bonchev–Trinajstić information content (AvgIpc) is 3.36. The van der Waals surface area contributed by atoms with E-state index in [0.29, 0.717) is 17.7 Å². The predicted molar refractivity (Wildman–Crippen MR) is 112 cm³/mol. The van der Waals surface area contributed by atoms with E-state index in [-0.39, 0.29) is 22.9 Å². The Kier molecular flexibility index (Phi) is 3.99. The number of carboxylic acid groups (broad SMARTS) is 1. The number of halogens is 1. The quantitative estimate of drug-likeness (QED) is 0.517. The van der Waals surface area contributed by atoms with Crippen molar-refractivity contribution < 1.29 is 18.7 Å². The van der Waals surface area contributed by atoms with Gasteiger partial charge in [0.15, 0.2) is 17.2 Å². The van der Waals surface area contributed by atoms with Crippen molar-refractivity contribution in [1.82, 2.24) is 14.3 Å². The fourth-order valence-electron chi connectivity index (χ4n) is 4.37. The van der Waals surface area contributed by atoms with Crippen LogP contribution in [0.25, 0.3) is 28.1 Å². The summed E-state index contributed by atoms with van der Waals surface area (Å²) in [5, 5.41) is 14.5. The summed E-state index contributed by atoms with van der Waals surface area (Å²) in [5.41, 5.74) is -0.0667. The lowest BCUT2D eigenvalue weighted by Gasteiger charge is -2.37. The van der Waals surface area contributed by atoms with E-state index >= 15 is 4.39 Å². The van der Waals surface area contributed by atoms with Crippen molar-refractivity contribution in [3.63, 3.8) is 0 Å². The van der Waals surface area contributed by atoms with Crippen molar-refractivity contribution in [3.05, 3.63) is 70.0 Å². The highest BCUT2D eigenvalue weighted by Gasteiger charge is 2.39. The SMILES string of the molecule is CC(C)(C)[C@@H]1Cc2c(oc3c(-n4cccn4)cccc23)-c2c(F)c(=O)c(C(=O)O)cn21. The minimum atomic E-state index is -1.46. The molecule has 0 bridgehead atoms. The second kappa shape index (κ2) is 6.41. The van der Waals surface area contributed by atoms with Crippen LogP contribution < -0.4 is 5.43 Å². The first kappa shape index (κ1) is 19.3. The Morgan fingerprint density at radius 3 is 2.71 bits per heavy atom. The Morgan fingerprint density at radius 1 is 1.29 bits per heavy atom. The molecule has 1 aliphatic rings. The summed E-state index contributed by atoms with van der Waals surface area (Å²) in [4.78, 5) is 24.1. The Morgan fingerprint density at radius 2 is 2.06 bits per heavy atom. The molecule has 0 fully saturated rings.